The van der Waals surface area contributed by atoms with Crippen LogP contribution in [0.3, 0.4) is 0 Å². The molecule has 2 aromatic rings. The third kappa shape index (κ3) is 5.32. The predicted molar refractivity (Wildman–Crippen MR) is 95.3 cm³/mol. The van der Waals surface area contributed by atoms with Crippen molar-refractivity contribution in [3.05, 3.63) is 69.3 Å². The largest absolute Gasteiger partial charge is 0.272 e. The Labute approximate surface area is 148 Å². The van der Waals surface area contributed by atoms with Crippen LogP contribution in [-0.4, -0.2) is 22.5 Å². The van der Waals surface area contributed by atoms with Gasteiger partial charge in [0, 0.05) is 22.6 Å². The number of nitrogens with zero attached hydrogens (tertiary/aromatic N) is 1. The van der Waals surface area contributed by atoms with Crippen LogP contribution in [0.5, 0.6) is 0 Å². The molecule has 0 heterocycles. The van der Waals surface area contributed by atoms with Crippen LogP contribution in [0.1, 0.15) is 21.5 Å². The van der Waals surface area contributed by atoms with Crippen molar-refractivity contribution in [1.82, 2.24) is 10.9 Å². The number of benzene rings is 2. The van der Waals surface area contributed by atoms with Crippen LogP contribution >= 0.6 is 11.8 Å². The van der Waals surface area contributed by atoms with E-state index in [0.717, 1.165) is 16.0 Å². The molecule has 0 aliphatic heterocycles. The molecule has 0 saturated heterocycles. The number of hydrogen-bond acceptors (Lipinski definition) is 5. The number of non-ortho nitro benzene ring substituents is 1. The first-order chi connectivity index (χ1) is 11.9. The smallest absolute Gasteiger partial charge is 0.269 e. The van der Waals surface area contributed by atoms with Gasteiger partial charge in [-0.15, -0.1) is 11.8 Å². The van der Waals surface area contributed by atoms with Crippen molar-refractivity contribution >= 4 is 29.3 Å². The van der Waals surface area contributed by atoms with Gasteiger partial charge in [0.1, 0.15) is 0 Å². The van der Waals surface area contributed by atoms with Gasteiger partial charge in [0.2, 0.25) is 5.91 Å². The fourth-order valence-electron chi connectivity index (χ4n) is 2.07. The molecular formula is C17H17N3O4S. The molecule has 2 N–H and O–H groups in total. The number of carbonyl (C=O) groups is 2. The van der Waals surface area contributed by atoms with E-state index in [1.54, 1.807) is 0 Å². The fraction of sp³-hybridized carbons (Fsp3) is 0.176. The molecule has 130 valence electrons. The maximum Gasteiger partial charge on any atom is 0.269 e. The van der Waals surface area contributed by atoms with E-state index in [-0.39, 0.29) is 22.9 Å². The molecule has 0 spiro atoms. The van der Waals surface area contributed by atoms with Gasteiger partial charge in [0.05, 0.1) is 10.7 Å². The topological polar surface area (TPSA) is 101 Å². The number of aryl methyl sites for hydroxylation is 2. The zero-order valence-electron chi connectivity index (χ0n) is 13.7. The summed E-state index contributed by atoms with van der Waals surface area (Å²) < 4.78 is 0. The minimum Gasteiger partial charge on any atom is -0.272 e. The number of nitro groups is 1. The SMILES string of the molecule is Cc1ccc(SCC(=O)NNC(=O)c2ccc([N+](=O)[O-])cc2)c(C)c1. The van der Waals surface area contributed by atoms with Crippen LogP contribution in [0.4, 0.5) is 5.69 Å². The molecule has 0 aromatic heterocycles. The van der Waals surface area contributed by atoms with E-state index in [4.69, 9.17) is 0 Å². The summed E-state index contributed by atoms with van der Waals surface area (Å²) in [5.74, 6) is -0.732. The van der Waals surface area contributed by atoms with Crippen molar-refractivity contribution in [2.75, 3.05) is 5.75 Å². The van der Waals surface area contributed by atoms with Crippen molar-refractivity contribution < 1.29 is 14.5 Å². The molecule has 2 aromatic carbocycles. The van der Waals surface area contributed by atoms with Crippen LogP contribution in [0.15, 0.2) is 47.4 Å². The first-order valence-corrected chi connectivity index (χ1v) is 8.39. The number of nitrogens with one attached hydrogen (secondary N) is 2. The Morgan fingerprint density at radius 2 is 1.76 bits per heavy atom. The monoisotopic (exact) mass is 359 g/mol. The average molecular weight is 359 g/mol. The lowest BCUT2D eigenvalue weighted by atomic mass is 10.2. The molecule has 0 fully saturated rings. The number of thioether (sulfide) groups is 1. The minimum absolute atomic E-state index is 0.106. The lowest BCUT2D eigenvalue weighted by Crippen LogP contribution is -2.42. The van der Waals surface area contributed by atoms with Crippen molar-refractivity contribution in [2.24, 2.45) is 0 Å². The normalized spacial score (nSPS) is 10.2. The number of hydrazine groups is 1. The van der Waals surface area contributed by atoms with Crippen LogP contribution in [0.25, 0.3) is 0 Å². The molecule has 25 heavy (non-hydrogen) atoms. The van der Waals surface area contributed by atoms with Gasteiger partial charge in [-0.3, -0.25) is 30.6 Å². The number of amides is 2. The van der Waals surface area contributed by atoms with Crippen molar-refractivity contribution in [2.45, 2.75) is 18.7 Å². The molecule has 0 bridgehead atoms. The molecule has 2 rings (SSSR count). The highest BCUT2D eigenvalue weighted by Gasteiger charge is 2.11. The van der Waals surface area contributed by atoms with Crippen LogP contribution in [-0.2, 0) is 4.79 Å². The first-order valence-electron chi connectivity index (χ1n) is 7.40. The second-order valence-electron chi connectivity index (χ2n) is 5.36. The molecule has 0 radical (unpaired) electrons. The standard InChI is InChI=1S/C17H17N3O4S/c1-11-3-8-15(12(2)9-11)25-10-16(21)18-19-17(22)13-4-6-14(7-5-13)20(23)24/h3-9H,10H2,1-2H3,(H,18,21)(H,19,22). The first kappa shape index (κ1) is 18.5. The van der Waals surface area contributed by atoms with E-state index < -0.39 is 10.8 Å². The summed E-state index contributed by atoms with van der Waals surface area (Å²) in [6.07, 6.45) is 0. The van der Waals surface area contributed by atoms with Gasteiger partial charge in [-0.25, -0.2) is 0 Å². The van der Waals surface area contributed by atoms with Crippen molar-refractivity contribution in [3.8, 4) is 0 Å². The van der Waals surface area contributed by atoms with Crippen LogP contribution in [0, 0.1) is 24.0 Å². The number of hydrogen-bond donors (Lipinski definition) is 2. The lowest BCUT2D eigenvalue weighted by molar-refractivity contribution is -0.384. The Bertz CT molecular complexity index is 806. The van der Waals surface area contributed by atoms with E-state index in [1.807, 2.05) is 32.0 Å². The van der Waals surface area contributed by atoms with Gasteiger partial charge < -0.3 is 0 Å². The summed E-state index contributed by atoms with van der Waals surface area (Å²) in [6.45, 7) is 3.98. The predicted octanol–water partition coefficient (Wildman–Crippen LogP) is 2.76. The summed E-state index contributed by atoms with van der Waals surface area (Å²) in [6, 6.07) is 11.1. The lowest BCUT2D eigenvalue weighted by Gasteiger charge is -2.09. The number of nitro benzene ring substituents is 1. The van der Waals surface area contributed by atoms with E-state index >= 15 is 0 Å². The summed E-state index contributed by atoms with van der Waals surface area (Å²) in [5, 5.41) is 10.6. The number of rotatable bonds is 5. The zero-order valence-corrected chi connectivity index (χ0v) is 14.6. The molecule has 0 saturated carbocycles. The number of carbonyl (C=O) groups excluding carboxylic acids is 2. The Morgan fingerprint density at radius 3 is 2.36 bits per heavy atom. The Morgan fingerprint density at radius 1 is 1.08 bits per heavy atom. The van der Waals surface area contributed by atoms with Gasteiger partial charge in [0.15, 0.2) is 0 Å². The van der Waals surface area contributed by atoms with E-state index in [1.165, 1.54) is 36.0 Å². The Kier molecular flexibility index (Phi) is 6.13. The Balaban J connectivity index is 1.82. The van der Waals surface area contributed by atoms with Gasteiger partial charge in [0.25, 0.3) is 11.6 Å². The van der Waals surface area contributed by atoms with Gasteiger partial charge in [-0.05, 0) is 37.6 Å². The van der Waals surface area contributed by atoms with Gasteiger partial charge in [-0.2, -0.15) is 0 Å². The van der Waals surface area contributed by atoms with E-state index in [9.17, 15) is 19.7 Å². The summed E-state index contributed by atoms with van der Waals surface area (Å²) >= 11 is 1.38. The third-order valence-electron chi connectivity index (χ3n) is 3.34. The maximum absolute atomic E-state index is 11.9. The second kappa shape index (κ2) is 8.29. The highest BCUT2D eigenvalue weighted by molar-refractivity contribution is 8.00. The van der Waals surface area contributed by atoms with Gasteiger partial charge in [-0.1, -0.05) is 17.7 Å². The zero-order chi connectivity index (χ0) is 18.4. The van der Waals surface area contributed by atoms with Crippen molar-refractivity contribution in [3.63, 3.8) is 0 Å². The van der Waals surface area contributed by atoms with Crippen molar-refractivity contribution in [1.29, 1.82) is 0 Å². The Hall–Kier alpha value is -2.87. The molecule has 0 aliphatic rings. The molecule has 0 atom stereocenters. The molecular weight excluding hydrogens is 342 g/mol. The third-order valence-corrected chi connectivity index (χ3v) is 4.52. The minimum atomic E-state index is -0.548. The molecule has 8 heteroatoms. The maximum atomic E-state index is 11.9. The molecule has 0 unspecified atom stereocenters. The summed E-state index contributed by atoms with van der Waals surface area (Å²) in [7, 11) is 0. The van der Waals surface area contributed by atoms with Gasteiger partial charge >= 0.3 is 0 Å². The fourth-order valence-corrected chi connectivity index (χ4v) is 2.88. The van der Waals surface area contributed by atoms with Crippen LogP contribution in [0.2, 0.25) is 0 Å². The molecule has 0 aliphatic carbocycles. The highest BCUT2D eigenvalue weighted by atomic mass is 32.2. The molecule has 2 amide bonds. The average Bonchev–Trinajstić information content (AvgIpc) is 2.59. The van der Waals surface area contributed by atoms with E-state index in [2.05, 4.69) is 10.9 Å². The summed E-state index contributed by atoms with van der Waals surface area (Å²) in [5.41, 5.74) is 6.97. The highest BCUT2D eigenvalue weighted by Crippen LogP contribution is 2.22. The summed E-state index contributed by atoms with van der Waals surface area (Å²) in [4.78, 5) is 34.8. The quantitative estimate of drug-likeness (QED) is 0.486. The van der Waals surface area contributed by atoms with E-state index in [0.29, 0.717) is 0 Å². The second-order valence-corrected chi connectivity index (χ2v) is 6.38. The molecule has 7 nitrogen and oxygen atoms in total. The van der Waals surface area contributed by atoms with Crippen LogP contribution < -0.4 is 10.9 Å².